The van der Waals surface area contributed by atoms with Crippen LogP contribution in [0, 0.1) is 0 Å². The molecule has 0 aromatic carbocycles. The maximum absolute atomic E-state index is 11.7. The van der Waals surface area contributed by atoms with Gasteiger partial charge in [-0.05, 0) is 12.8 Å². The predicted octanol–water partition coefficient (Wildman–Crippen LogP) is 1.19. The van der Waals surface area contributed by atoms with Gasteiger partial charge >= 0.3 is 12.0 Å². The van der Waals surface area contributed by atoms with E-state index in [1.54, 1.807) is 4.90 Å². The summed E-state index contributed by atoms with van der Waals surface area (Å²) in [7, 11) is 0. The minimum absolute atomic E-state index is 0.117. The Labute approximate surface area is 94.8 Å². The van der Waals surface area contributed by atoms with Crippen molar-refractivity contribution in [1.82, 2.24) is 10.2 Å². The number of aliphatic carboxylic acids is 1. The molecule has 1 saturated carbocycles. The predicted molar refractivity (Wildman–Crippen MR) is 58.2 cm³/mol. The number of carboxylic acids is 1. The average molecular weight is 226 g/mol. The highest BCUT2D eigenvalue weighted by Crippen LogP contribution is 2.25. The second-order valence-electron chi connectivity index (χ2n) is 4.59. The van der Waals surface area contributed by atoms with E-state index in [0.717, 1.165) is 25.7 Å². The fraction of sp³-hybridized carbons (Fsp3) is 0.818. The summed E-state index contributed by atoms with van der Waals surface area (Å²) in [5.41, 5.74) is 0. The molecule has 1 aliphatic heterocycles. The van der Waals surface area contributed by atoms with E-state index in [1.165, 1.54) is 12.8 Å². The van der Waals surface area contributed by atoms with Crippen molar-refractivity contribution in [2.45, 2.75) is 50.6 Å². The molecular weight excluding hydrogens is 208 g/mol. The zero-order chi connectivity index (χ0) is 11.5. The van der Waals surface area contributed by atoms with Gasteiger partial charge in [0.1, 0.15) is 6.04 Å². The van der Waals surface area contributed by atoms with Gasteiger partial charge < -0.3 is 15.3 Å². The first-order chi connectivity index (χ1) is 7.70. The summed E-state index contributed by atoms with van der Waals surface area (Å²) in [6.07, 6.45) is 6.48. The van der Waals surface area contributed by atoms with Crippen molar-refractivity contribution < 1.29 is 14.7 Å². The van der Waals surface area contributed by atoms with Crippen molar-refractivity contribution in [1.29, 1.82) is 0 Å². The summed E-state index contributed by atoms with van der Waals surface area (Å²) in [6, 6.07) is -0.763. The number of amides is 2. The molecule has 16 heavy (non-hydrogen) atoms. The fourth-order valence-electron chi connectivity index (χ4n) is 2.68. The van der Waals surface area contributed by atoms with Crippen LogP contribution in [0.1, 0.15) is 38.5 Å². The Morgan fingerprint density at radius 1 is 1.25 bits per heavy atom. The Hall–Kier alpha value is -1.26. The Bertz CT molecular complexity index is 285. The number of rotatable bonds is 2. The molecule has 0 bridgehead atoms. The topological polar surface area (TPSA) is 69.6 Å². The third kappa shape index (κ3) is 2.13. The van der Waals surface area contributed by atoms with Crippen LogP contribution in [-0.2, 0) is 4.79 Å². The zero-order valence-electron chi connectivity index (χ0n) is 9.32. The third-order valence-electron chi connectivity index (χ3n) is 3.52. The van der Waals surface area contributed by atoms with E-state index in [0.29, 0.717) is 0 Å². The van der Waals surface area contributed by atoms with Crippen LogP contribution in [0.5, 0.6) is 0 Å². The molecule has 2 N–H and O–H groups in total. The Morgan fingerprint density at radius 2 is 1.88 bits per heavy atom. The number of carbonyl (C=O) groups is 2. The minimum Gasteiger partial charge on any atom is -0.480 e. The molecule has 1 saturated heterocycles. The van der Waals surface area contributed by atoms with Gasteiger partial charge in [-0.25, -0.2) is 9.59 Å². The molecule has 2 amide bonds. The van der Waals surface area contributed by atoms with E-state index in [2.05, 4.69) is 5.32 Å². The summed E-state index contributed by atoms with van der Waals surface area (Å²) >= 11 is 0. The SMILES string of the molecule is O=C(O)C1CNC(=O)N1C1CCCCCC1. The van der Waals surface area contributed by atoms with E-state index in [4.69, 9.17) is 5.11 Å². The lowest BCUT2D eigenvalue weighted by Gasteiger charge is -2.29. The van der Waals surface area contributed by atoms with Gasteiger partial charge in [0.25, 0.3) is 0 Å². The van der Waals surface area contributed by atoms with E-state index < -0.39 is 12.0 Å². The standard InChI is InChI=1S/C11H18N2O3/c14-10(15)9-7-12-11(16)13(9)8-5-3-1-2-4-6-8/h8-9H,1-7H2,(H,12,16)(H,14,15). The second-order valence-corrected chi connectivity index (χ2v) is 4.59. The average Bonchev–Trinajstić information content (AvgIpc) is 2.50. The van der Waals surface area contributed by atoms with Gasteiger partial charge in [0.2, 0.25) is 0 Å². The van der Waals surface area contributed by atoms with Crippen LogP contribution < -0.4 is 5.32 Å². The lowest BCUT2D eigenvalue weighted by molar-refractivity contribution is -0.141. The number of hydrogen-bond donors (Lipinski definition) is 2. The van der Waals surface area contributed by atoms with Crippen molar-refractivity contribution in [3.05, 3.63) is 0 Å². The molecule has 1 atom stereocenters. The maximum atomic E-state index is 11.7. The van der Waals surface area contributed by atoms with Crippen LogP contribution >= 0.6 is 0 Å². The molecule has 0 spiro atoms. The molecule has 0 aromatic heterocycles. The molecule has 1 heterocycles. The second kappa shape index (κ2) is 4.72. The van der Waals surface area contributed by atoms with Crippen LogP contribution in [0.15, 0.2) is 0 Å². The monoisotopic (exact) mass is 226 g/mol. The van der Waals surface area contributed by atoms with Crippen molar-refractivity contribution in [3.63, 3.8) is 0 Å². The lowest BCUT2D eigenvalue weighted by Crippen LogP contribution is -2.46. The summed E-state index contributed by atoms with van der Waals surface area (Å²) in [5, 5.41) is 11.7. The summed E-state index contributed by atoms with van der Waals surface area (Å²) in [6.45, 7) is 0.241. The highest BCUT2D eigenvalue weighted by atomic mass is 16.4. The molecule has 5 nitrogen and oxygen atoms in total. The molecule has 5 heteroatoms. The van der Waals surface area contributed by atoms with Gasteiger partial charge in [-0.3, -0.25) is 0 Å². The van der Waals surface area contributed by atoms with Crippen molar-refractivity contribution in [2.75, 3.05) is 6.54 Å². The molecule has 2 fully saturated rings. The maximum Gasteiger partial charge on any atom is 0.328 e. The van der Waals surface area contributed by atoms with Crippen LogP contribution in [0.4, 0.5) is 4.79 Å². The van der Waals surface area contributed by atoms with E-state index in [-0.39, 0.29) is 18.6 Å². The van der Waals surface area contributed by atoms with Gasteiger partial charge in [0.05, 0.1) is 6.54 Å². The number of nitrogens with zero attached hydrogens (tertiary/aromatic N) is 1. The number of nitrogens with one attached hydrogen (secondary N) is 1. The molecule has 0 radical (unpaired) electrons. The highest BCUT2D eigenvalue weighted by molar-refractivity contribution is 5.86. The quantitative estimate of drug-likeness (QED) is 0.695. The van der Waals surface area contributed by atoms with Crippen molar-refractivity contribution in [2.24, 2.45) is 0 Å². The first kappa shape index (κ1) is 11.2. The van der Waals surface area contributed by atoms with Gasteiger partial charge in [0, 0.05) is 6.04 Å². The Balaban J connectivity index is 2.09. The zero-order valence-corrected chi connectivity index (χ0v) is 9.32. The van der Waals surface area contributed by atoms with Crippen LogP contribution in [0.25, 0.3) is 0 Å². The van der Waals surface area contributed by atoms with Gasteiger partial charge in [-0.2, -0.15) is 0 Å². The Morgan fingerprint density at radius 3 is 2.44 bits per heavy atom. The molecule has 1 aliphatic carbocycles. The first-order valence-corrected chi connectivity index (χ1v) is 5.99. The smallest absolute Gasteiger partial charge is 0.328 e. The number of urea groups is 1. The number of hydrogen-bond acceptors (Lipinski definition) is 2. The minimum atomic E-state index is -0.900. The van der Waals surface area contributed by atoms with E-state index in [9.17, 15) is 9.59 Å². The van der Waals surface area contributed by atoms with Gasteiger partial charge in [0.15, 0.2) is 0 Å². The molecule has 2 aliphatic rings. The third-order valence-corrected chi connectivity index (χ3v) is 3.52. The summed E-state index contributed by atoms with van der Waals surface area (Å²) in [5.74, 6) is -0.900. The first-order valence-electron chi connectivity index (χ1n) is 5.99. The van der Waals surface area contributed by atoms with Gasteiger partial charge in [-0.15, -0.1) is 0 Å². The van der Waals surface area contributed by atoms with Crippen LogP contribution in [0.2, 0.25) is 0 Å². The van der Waals surface area contributed by atoms with Crippen LogP contribution in [-0.4, -0.2) is 40.6 Å². The molecule has 0 aromatic rings. The number of carbonyl (C=O) groups excluding carboxylic acids is 1. The lowest BCUT2D eigenvalue weighted by atomic mass is 10.1. The van der Waals surface area contributed by atoms with Gasteiger partial charge in [-0.1, -0.05) is 25.7 Å². The van der Waals surface area contributed by atoms with E-state index >= 15 is 0 Å². The van der Waals surface area contributed by atoms with E-state index in [1.807, 2.05) is 0 Å². The van der Waals surface area contributed by atoms with Crippen molar-refractivity contribution in [3.8, 4) is 0 Å². The molecular formula is C11H18N2O3. The summed E-state index contributed by atoms with van der Waals surface area (Å²) < 4.78 is 0. The summed E-state index contributed by atoms with van der Waals surface area (Å²) in [4.78, 5) is 24.3. The van der Waals surface area contributed by atoms with Crippen molar-refractivity contribution >= 4 is 12.0 Å². The molecule has 2 rings (SSSR count). The number of carboxylic acid groups (broad SMARTS) is 1. The van der Waals surface area contributed by atoms with Crippen LogP contribution in [0.3, 0.4) is 0 Å². The Kier molecular flexibility index (Phi) is 3.31. The molecule has 1 unspecified atom stereocenters. The normalized spacial score (nSPS) is 27.6. The highest BCUT2D eigenvalue weighted by Gasteiger charge is 2.40. The largest absolute Gasteiger partial charge is 0.480 e. The fourth-order valence-corrected chi connectivity index (χ4v) is 2.68. The molecule has 90 valence electrons.